The highest BCUT2D eigenvalue weighted by Crippen LogP contribution is 2.34. The number of alkyl halides is 2. The third-order valence-electron chi connectivity index (χ3n) is 2.07. The minimum absolute atomic E-state index is 0.0966. The van der Waals surface area contributed by atoms with E-state index in [0.29, 0.717) is 12.8 Å². The molecule has 0 heterocycles. The van der Waals surface area contributed by atoms with Crippen LogP contribution in [0.25, 0.3) is 0 Å². The molecule has 1 aliphatic rings. The van der Waals surface area contributed by atoms with E-state index in [2.05, 4.69) is 5.32 Å². The van der Waals surface area contributed by atoms with E-state index >= 15 is 0 Å². The van der Waals surface area contributed by atoms with Crippen molar-refractivity contribution in [3.8, 4) is 0 Å². The number of carbonyl (C=O) groups is 1. The lowest BCUT2D eigenvalue weighted by atomic mass is 9.94. The largest absolute Gasteiger partial charge is 0.446 e. The van der Waals surface area contributed by atoms with Crippen LogP contribution in [0.3, 0.4) is 0 Å². The predicted molar refractivity (Wildman–Crippen MR) is 42.7 cm³/mol. The van der Waals surface area contributed by atoms with Gasteiger partial charge in [-0.05, 0) is 12.8 Å². The number of alkyl carbamates (subject to hydrolysis) is 1. The van der Waals surface area contributed by atoms with Crippen LogP contribution in [0.1, 0.15) is 25.7 Å². The summed E-state index contributed by atoms with van der Waals surface area (Å²) in [5.41, 5.74) is 0. The van der Waals surface area contributed by atoms with E-state index in [9.17, 15) is 13.6 Å². The average molecular weight is 193 g/mol. The normalized spacial score (nSPS) is 26.5. The lowest BCUT2D eigenvalue weighted by Gasteiger charge is -2.28. The molecule has 0 aromatic carbocycles. The van der Waals surface area contributed by atoms with E-state index in [-0.39, 0.29) is 12.8 Å². The van der Waals surface area contributed by atoms with Gasteiger partial charge in [0.25, 0.3) is 5.92 Å². The minimum Gasteiger partial charge on any atom is -0.446 e. The van der Waals surface area contributed by atoms with E-state index in [1.54, 1.807) is 0 Å². The van der Waals surface area contributed by atoms with E-state index in [4.69, 9.17) is 4.74 Å². The molecule has 0 radical (unpaired) electrons. The lowest BCUT2D eigenvalue weighted by molar-refractivity contribution is -0.0781. The number of rotatable bonds is 1. The number of ether oxygens (including phenoxy) is 1. The summed E-state index contributed by atoms with van der Waals surface area (Å²) >= 11 is 0. The molecule has 0 aromatic heterocycles. The lowest BCUT2D eigenvalue weighted by Crippen LogP contribution is -2.34. The van der Waals surface area contributed by atoms with Crippen LogP contribution in [0.15, 0.2) is 0 Å². The van der Waals surface area contributed by atoms with Crippen molar-refractivity contribution in [2.24, 2.45) is 0 Å². The summed E-state index contributed by atoms with van der Waals surface area (Å²) < 4.78 is 30.3. The smallest absolute Gasteiger partial charge is 0.407 e. The topological polar surface area (TPSA) is 38.3 Å². The number of nitrogens with one attached hydrogen (secondary N) is 1. The van der Waals surface area contributed by atoms with Gasteiger partial charge in [-0.25, -0.2) is 13.6 Å². The highest BCUT2D eigenvalue weighted by molar-refractivity contribution is 5.66. The molecule has 0 bridgehead atoms. The van der Waals surface area contributed by atoms with Gasteiger partial charge >= 0.3 is 6.09 Å². The van der Waals surface area contributed by atoms with E-state index in [1.807, 2.05) is 0 Å². The molecule has 13 heavy (non-hydrogen) atoms. The molecule has 76 valence electrons. The van der Waals surface area contributed by atoms with Gasteiger partial charge in [-0.2, -0.15) is 0 Å². The Kier molecular flexibility index (Phi) is 3.06. The monoisotopic (exact) mass is 193 g/mol. The molecule has 1 atom stereocenters. The molecule has 1 amide bonds. The van der Waals surface area contributed by atoms with Gasteiger partial charge in [0.15, 0.2) is 0 Å². The minimum atomic E-state index is -2.67. The maximum absolute atomic E-state index is 12.8. The molecule has 0 aromatic rings. The van der Waals surface area contributed by atoms with Gasteiger partial charge in [0.05, 0.1) is 0 Å². The molecular formula is C8H13F2NO2. The molecule has 0 saturated heterocycles. The van der Waals surface area contributed by atoms with Gasteiger partial charge in [-0.3, -0.25) is 0 Å². The van der Waals surface area contributed by atoms with E-state index in [0.717, 1.165) is 0 Å². The molecule has 3 nitrogen and oxygen atoms in total. The van der Waals surface area contributed by atoms with E-state index in [1.165, 1.54) is 7.05 Å². The second kappa shape index (κ2) is 3.89. The second-order valence-electron chi connectivity index (χ2n) is 3.23. The Labute approximate surface area is 75.4 Å². The summed E-state index contributed by atoms with van der Waals surface area (Å²) in [7, 11) is 1.41. The molecule has 1 N–H and O–H groups in total. The number of amides is 1. The van der Waals surface area contributed by atoms with Gasteiger partial charge in [0.2, 0.25) is 0 Å². The molecule has 1 saturated carbocycles. The first-order chi connectivity index (χ1) is 6.03. The van der Waals surface area contributed by atoms with Gasteiger partial charge in [-0.15, -0.1) is 0 Å². The average Bonchev–Trinajstić information content (AvgIpc) is 2.02. The SMILES string of the molecule is CNC(=O)OC1CCCC(F)(F)C1. The number of halogens is 2. The molecule has 5 heteroatoms. The van der Waals surface area contributed by atoms with Crippen LogP contribution < -0.4 is 5.32 Å². The third-order valence-corrected chi connectivity index (χ3v) is 2.07. The van der Waals surface area contributed by atoms with Crippen LogP contribution in [0.5, 0.6) is 0 Å². The Hall–Kier alpha value is -0.870. The maximum atomic E-state index is 12.8. The van der Waals surface area contributed by atoms with Crippen molar-refractivity contribution in [3.05, 3.63) is 0 Å². The van der Waals surface area contributed by atoms with Crippen LogP contribution in [0, 0.1) is 0 Å². The summed E-state index contributed by atoms with van der Waals surface area (Å²) in [5.74, 6) is -2.67. The summed E-state index contributed by atoms with van der Waals surface area (Å²) in [6.07, 6.45) is -0.773. The maximum Gasteiger partial charge on any atom is 0.407 e. The summed E-state index contributed by atoms with van der Waals surface area (Å²) in [6.45, 7) is 0. The van der Waals surface area contributed by atoms with Crippen molar-refractivity contribution in [2.75, 3.05) is 7.05 Å². The zero-order chi connectivity index (χ0) is 9.90. The summed E-state index contributed by atoms with van der Waals surface area (Å²) in [5, 5.41) is 2.23. The highest BCUT2D eigenvalue weighted by Gasteiger charge is 2.37. The first-order valence-corrected chi connectivity index (χ1v) is 4.30. The van der Waals surface area contributed by atoms with Gasteiger partial charge in [0, 0.05) is 19.9 Å². The Balaban J connectivity index is 2.39. The van der Waals surface area contributed by atoms with Crippen molar-refractivity contribution in [3.63, 3.8) is 0 Å². The first kappa shape index (κ1) is 10.2. The molecule has 1 fully saturated rings. The zero-order valence-corrected chi connectivity index (χ0v) is 7.48. The fourth-order valence-electron chi connectivity index (χ4n) is 1.44. The van der Waals surface area contributed by atoms with Crippen LogP contribution in [-0.2, 0) is 4.74 Å². The molecule has 1 unspecified atom stereocenters. The zero-order valence-electron chi connectivity index (χ0n) is 7.48. The van der Waals surface area contributed by atoms with Crippen molar-refractivity contribution in [1.29, 1.82) is 0 Å². The molecule has 1 rings (SSSR count). The number of hydrogen-bond acceptors (Lipinski definition) is 2. The van der Waals surface area contributed by atoms with E-state index < -0.39 is 18.1 Å². The Morgan fingerprint density at radius 2 is 2.31 bits per heavy atom. The van der Waals surface area contributed by atoms with Gasteiger partial charge < -0.3 is 10.1 Å². The first-order valence-electron chi connectivity index (χ1n) is 4.30. The molecule has 0 aliphatic heterocycles. The van der Waals surface area contributed by atoms with Gasteiger partial charge in [0.1, 0.15) is 6.10 Å². The van der Waals surface area contributed by atoms with Crippen molar-refractivity contribution in [2.45, 2.75) is 37.7 Å². The molecule has 1 aliphatic carbocycles. The summed E-state index contributed by atoms with van der Waals surface area (Å²) in [4.78, 5) is 10.7. The van der Waals surface area contributed by atoms with Crippen molar-refractivity contribution >= 4 is 6.09 Å². The Bertz CT molecular complexity index is 197. The van der Waals surface area contributed by atoms with Crippen LogP contribution in [-0.4, -0.2) is 25.2 Å². The van der Waals surface area contributed by atoms with Crippen LogP contribution in [0.2, 0.25) is 0 Å². The summed E-state index contributed by atoms with van der Waals surface area (Å²) in [6, 6.07) is 0. The van der Waals surface area contributed by atoms with Crippen LogP contribution in [0.4, 0.5) is 13.6 Å². The molecule has 0 spiro atoms. The predicted octanol–water partition coefficient (Wildman–Crippen LogP) is 1.92. The second-order valence-corrected chi connectivity index (χ2v) is 3.23. The van der Waals surface area contributed by atoms with Crippen molar-refractivity contribution in [1.82, 2.24) is 5.32 Å². The Morgan fingerprint density at radius 1 is 1.62 bits per heavy atom. The van der Waals surface area contributed by atoms with Crippen molar-refractivity contribution < 1.29 is 18.3 Å². The molecular weight excluding hydrogens is 180 g/mol. The Morgan fingerprint density at radius 3 is 2.85 bits per heavy atom. The third kappa shape index (κ3) is 3.16. The van der Waals surface area contributed by atoms with Crippen LogP contribution >= 0.6 is 0 Å². The fourth-order valence-corrected chi connectivity index (χ4v) is 1.44. The fraction of sp³-hybridized carbons (Fsp3) is 0.875. The quantitative estimate of drug-likeness (QED) is 0.690. The van der Waals surface area contributed by atoms with Gasteiger partial charge in [-0.1, -0.05) is 0 Å². The standard InChI is InChI=1S/C8H13F2NO2/c1-11-7(12)13-6-3-2-4-8(9,10)5-6/h6H,2-5H2,1H3,(H,11,12). The number of hydrogen-bond donors (Lipinski definition) is 1. The number of carbonyl (C=O) groups excluding carboxylic acids is 1. The highest BCUT2D eigenvalue weighted by atomic mass is 19.3.